The molecule has 0 aromatic heterocycles. The number of nitrogens with one attached hydrogen (secondary N) is 1. The Labute approximate surface area is 65.1 Å². The van der Waals surface area contributed by atoms with Crippen LogP contribution < -0.4 is 0 Å². The lowest BCUT2D eigenvalue weighted by molar-refractivity contribution is 1.14. The number of hydrogen-bond acceptors (Lipinski definition) is 2. The van der Waals surface area contributed by atoms with Gasteiger partial charge in [-0.1, -0.05) is 24.3 Å². The normalized spacial score (nSPS) is 13.1. The Kier molecular flexibility index (Phi) is 1.32. The van der Waals surface area contributed by atoms with E-state index in [2.05, 4.69) is 17.3 Å². The minimum absolute atomic E-state index is 0.774. The molecule has 0 fully saturated rings. The standard InChI is InChI=1S/C9H8N2/c10-11-9-6-2-4-7-3-1-5-8(7)9/h1-2,4-6,10H,3H2. The van der Waals surface area contributed by atoms with Crippen LogP contribution in [-0.4, -0.2) is 0 Å². The second-order valence-corrected chi connectivity index (χ2v) is 2.57. The van der Waals surface area contributed by atoms with Gasteiger partial charge >= 0.3 is 0 Å². The fourth-order valence-corrected chi connectivity index (χ4v) is 1.37. The summed E-state index contributed by atoms with van der Waals surface area (Å²) in [6.45, 7) is 0. The van der Waals surface area contributed by atoms with E-state index < -0.39 is 0 Å². The lowest BCUT2D eigenvalue weighted by atomic mass is 10.1. The summed E-state index contributed by atoms with van der Waals surface area (Å²) < 4.78 is 0. The van der Waals surface area contributed by atoms with Crippen molar-refractivity contribution in [1.29, 1.82) is 5.53 Å². The molecule has 0 amide bonds. The van der Waals surface area contributed by atoms with Gasteiger partial charge in [0.2, 0.25) is 0 Å². The van der Waals surface area contributed by atoms with Crippen LogP contribution in [0.3, 0.4) is 0 Å². The number of benzene rings is 1. The van der Waals surface area contributed by atoms with Crippen LogP contribution >= 0.6 is 0 Å². The predicted octanol–water partition coefficient (Wildman–Crippen LogP) is 2.92. The van der Waals surface area contributed by atoms with Crippen LogP contribution in [0.25, 0.3) is 6.08 Å². The highest BCUT2D eigenvalue weighted by atomic mass is 15.0. The lowest BCUT2D eigenvalue weighted by Gasteiger charge is -1.99. The number of allylic oxidation sites excluding steroid dienone is 1. The molecule has 2 heteroatoms. The molecule has 0 atom stereocenters. The molecule has 0 saturated carbocycles. The third kappa shape index (κ3) is 0.871. The van der Waals surface area contributed by atoms with Crippen molar-refractivity contribution in [2.45, 2.75) is 6.42 Å². The third-order valence-corrected chi connectivity index (χ3v) is 1.92. The fourth-order valence-electron chi connectivity index (χ4n) is 1.37. The van der Waals surface area contributed by atoms with Crippen molar-refractivity contribution in [3.8, 4) is 0 Å². The van der Waals surface area contributed by atoms with Gasteiger partial charge in [0.05, 0.1) is 5.69 Å². The Hall–Kier alpha value is -1.44. The van der Waals surface area contributed by atoms with E-state index in [1.54, 1.807) is 0 Å². The largest absolute Gasteiger partial charge is 0.204 e. The summed E-state index contributed by atoms with van der Waals surface area (Å²) in [5.74, 6) is 0. The molecule has 2 rings (SSSR count). The van der Waals surface area contributed by atoms with Crippen LogP contribution in [0.2, 0.25) is 0 Å². The van der Waals surface area contributed by atoms with Gasteiger partial charge in [0.25, 0.3) is 0 Å². The van der Waals surface area contributed by atoms with Crippen molar-refractivity contribution in [2.75, 3.05) is 0 Å². The first-order valence-electron chi connectivity index (χ1n) is 3.58. The predicted molar refractivity (Wildman–Crippen MR) is 44.0 cm³/mol. The monoisotopic (exact) mass is 144 g/mol. The molecule has 0 heterocycles. The molecule has 0 aliphatic heterocycles. The minimum Gasteiger partial charge on any atom is -0.204 e. The third-order valence-electron chi connectivity index (χ3n) is 1.92. The molecular weight excluding hydrogens is 136 g/mol. The van der Waals surface area contributed by atoms with Crippen LogP contribution in [0.15, 0.2) is 29.4 Å². The number of fused-ring (bicyclic) bond motifs is 1. The van der Waals surface area contributed by atoms with Crippen molar-refractivity contribution < 1.29 is 0 Å². The highest BCUT2D eigenvalue weighted by Crippen LogP contribution is 2.28. The first kappa shape index (κ1) is 6.28. The summed E-state index contributed by atoms with van der Waals surface area (Å²) in [7, 11) is 0. The highest BCUT2D eigenvalue weighted by Gasteiger charge is 2.07. The van der Waals surface area contributed by atoms with Crippen molar-refractivity contribution in [2.24, 2.45) is 5.11 Å². The van der Waals surface area contributed by atoms with Crippen molar-refractivity contribution in [1.82, 2.24) is 0 Å². The Bertz CT molecular complexity index is 326. The van der Waals surface area contributed by atoms with Crippen LogP contribution in [0.4, 0.5) is 5.69 Å². The van der Waals surface area contributed by atoms with Gasteiger partial charge in [-0.15, -0.1) is 0 Å². The summed E-state index contributed by atoms with van der Waals surface area (Å²) in [6, 6.07) is 5.88. The maximum absolute atomic E-state index is 6.90. The summed E-state index contributed by atoms with van der Waals surface area (Å²) in [4.78, 5) is 0. The zero-order valence-electron chi connectivity index (χ0n) is 6.04. The maximum atomic E-state index is 6.90. The van der Waals surface area contributed by atoms with Gasteiger partial charge in [0, 0.05) is 5.56 Å². The van der Waals surface area contributed by atoms with E-state index in [0.29, 0.717) is 0 Å². The molecule has 1 N–H and O–H groups in total. The smallest absolute Gasteiger partial charge is 0.0925 e. The van der Waals surface area contributed by atoms with Gasteiger partial charge in [0.1, 0.15) is 0 Å². The zero-order valence-corrected chi connectivity index (χ0v) is 6.04. The SMILES string of the molecule is N=Nc1cccc2c1C=CC2. The highest BCUT2D eigenvalue weighted by molar-refractivity contribution is 5.70. The molecule has 1 aliphatic rings. The second-order valence-electron chi connectivity index (χ2n) is 2.57. The van der Waals surface area contributed by atoms with Crippen molar-refractivity contribution in [3.05, 3.63) is 35.4 Å². The van der Waals surface area contributed by atoms with Gasteiger partial charge in [0.15, 0.2) is 0 Å². The van der Waals surface area contributed by atoms with Crippen LogP contribution in [-0.2, 0) is 6.42 Å². The van der Waals surface area contributed by atoms with Gasteiger partial charge in [-0.05, 0) is 18.1 Å². The van der Waals surface area contributed by atoms with Crippen LogP contribution in [0.5, 0.6) is 0 Å². The summed E-state index contributed by atoms with van der Waals surface area (Å²) >= 11 is 0. The Balaban J connectivity index is 2.66. The van der Waals surface area contributed by atoms with Crippen molar-refractivity contribution in [3.63, 3.8) is 0 Å². The Morgan fingerprint density at radius 2 is 2.27 bits per heavy atom. The average molecular weight is 144 g/mol. The van der Waals surface area contributed by atoms with E-state index in [0.717, 1.165) is 17.7 Å². The first-order valence-corrected chi connectivity index (χ1v) is 3.58. The molecule has 0 saturated heterocycles. The second kappa shape index (κ2) is 2.31. The van der Waals surface area contributed by atoms with Gasteiger partial charge < -0.3 is 0 Å². The molecule has 0 radical (unpaired) electrons. The molecule has 11 heavy (non-hydrogen) atoms. The molecule has 1 aromatic carbocycles. The Morgan fingerprint density at radius 1 is 1.36 bits per heavy atom. The summed E-state index contributed by atoms with van der Waals surface area (Å²) in [6.07, 6.45) is 5.11. The van der Waals surface area contributed by atoms with E-state index in [4.69, 9.17) is 5.53 Å². The van der Waals surface area contributed by atoms with E-state index in [1.165, 1.54) is 5.56 Å². The maximum Gasteiger partial charge on any atom is 0.0925 e. The van der Waals surface area contributed by atoms with Gasteiger partial charge in [-0.2, -0.15) is 5.11 Å². The van der Waals surface area contributed by atoms with E-state index in [9.17, 15) is 0 Å². The van der Waals surface area contributed by atoms with Crippen LogP contribution in [0, 0.1) is 5.53 Å². The van der Waals surface area contributed by atoms with E-state index in [1.807, 2.05) is 18.2 Å². The topological polar surface area (TPSA) is 36.2 Å². The molecule has 0 spiro atoms. The average Bonchev–Trinajstić information content (AvgIpc) is 2.50. The van der Waals surface area contributed by atoms with Crippen LogP contribution in [0.1, 0.15) is 11.1 Å². The molecular formula is C9H8N2. The minimum atomic E-state index is 0.774. The van der Waals surface area contributed by atoms with E-state index >= 15 is 0 Å². The number of rotatable bonds is 1. The number of nitrogens with zero attached hydrogens (tertiary/aromatic N) is 1. The van der Waals surface area contributed by atoms with Gasteiger partial charge in [-0.25, -0.2) is 5.53 Å². The molecule has 54 valence electrons. The molecule has 0 unspecified atom stereocenters. The zero-order chi connectivity index (χ0) is 7.68. The van der Waals surface area contributed by atoms with Gasteiger partial charge in [-0.3, -0.25) is 0 Å². The molecule has 0 bridgehead atoms. The summed E-state index contributed by atoms with van der Waals surface area (Å²) in [5.41, 5.74) is 10.1. The molecule has 1 aliphatic carbocycles. The molecule has 1 aromatic rings. The number of hydrogen-bond donors (Lipinski definition) is 1. The molecule has 2 nitrogen and oxygen atoms in total. The van der Waals surface area contributed by atoms with Crippen molar-refractivity contribution >= 4 is 11.8 Å². The first-order chi connectivity index (χ1) is 5.42. The Morgan fingerprint density at radius 3 is 3.09 bits per heavy atom. The summed E-state index contributed by atoms with van der Waals surface area (Å²) in [5, 5.41) is 3.44. The van der Waals surface area contributed by atoms with E-state index in [-0.39, 0.29) is 0 Å². The lowest BCUT2D eigenvalue weighted by Crippen LogP contribution is -1.79. The quantitative estimate of drug-likeness (QED) is 0.588. The fraction of sp³-hybridized carbons (Fsp3) is 0.111.